The second-order valence-corrected chi connectivity index (χ2v) is 8.45. The Bertz CT molecular complexity index is 1210. The van der Waals surface area contributed by atoms with E-state index in [0.717, 1.165) is 33.3 Å². The summed E-state index contributed by atoms with van der Waals surface area (Å²) in [4.78, 5) is 22.1. The van der Waals surface area contributed by atoms with Gasteiger partial charge in [-0.2, -0.15) is 5.10 Å². The van der Waals surface area contributed by atoms with Gasteiger partial charge in [0.2, 0.25) is 5.91 Å². The Labute approximate surface area is 184 Å². The molecule has 1 amide bonds. The number of nitrogens with one attached hydrogen (secondary N) is 3. The van der Waals surface area contributed by atoms with Gasteiger partial charge in [0.1, 0.15) is 11.6 Å². The van der Waals surface area contributed by atoms with Crippen LogP contribution in [-0.2, 0) is 4.79 Å². The number of H-pyrrole nitrogens is 1. The number of benzene rings is 1. The molecule has 0 saturated heterocycles. The maximum absolute atomic E-state index is 11.7. The average Bonchev–Trinajstić information content (AvgIpc) is 3.37. The van der Waals surface area contributed by atoms with Crippen LogP contribution < -0.4 is 10.6 Å². The first-order chi connectivity index (χ1) is 15.2. The number of rotatable bonds is 7. The number of aromatic nitrogens is 4. The number of anilines is 3. The predicted molar refractivity (Wildman–Crippen MR) is 124 cm³/mol. The van der Waals surface area contributed by atoms with Crippen molar-refractivity contribution in [1.29, 1.82) is 0 Å². The summed E-state index contributed by atoms with van der Waals surface area (Å²) in [6.07, 6.45) is 2.84. The zero-order valence-electron chi connectivity index (χ0n) is 17.1. The molecule has 0 unspecified atom stereocenters. The predicted octanol–water partition coefficient (Wildman–Crippen LogP) is 5.56. The Hall–Kier alpha value is -3.52. The molecule has 1 aliphatic rings. The SMILES string of the molecule is CCC(=O)Nc1csc(-c2nc(Nc3cc(C4CC4)n[nH]3)cc(-c3ccccc3)n2)c1. The molecule has 4 aromatic rings. The van der Waals surface area contributed by atoms with E-state index >= 15 is 0 Å². The lowest BCUT2D eigenvalue weighted by Gasteiger charge is -2.08. The lowest BCUT2D eigenvalue weighted by molar-refractivity contribution is -0.115. The third-order valence-corrected chi connectivity index (χ3v) is 6.00. The monoisotopic (exact) mass is 430 g/mol. The molecule has 0 atom stereocenters. The maximum atomic E-state index is 11.7. The maximum Gasteiger partial charge on any atom is 0.224 e. The molecule has 0 spiro atoms. The quantitative estimate of drug-likeness (QED) is 0.356. The van der Waals surface area contributed by atoms with Crippen LogP contribution in [0.4, 0.5) is 17.3 Å². The summed E-state index contributed by atoms with van der Waals surface area (Å²) in [7, 11) is 0. The number of hydrogen-bond donors (Lipinski definition) is 3. The van der Waals surface area contributed by atoms with Crippen molar-refractivity contribution < 1.29 is 4.79 Å². The summed E-state index contributed by atoms with van der Waals surface area (Å²) < 4.78 is 0. The normalized spacial score (nSPS) is 13.2. The highest BCUT2D eigenvalue weighted by atomic mass is 32.1. The molecule has 1 saturated carbocycles. The van der Waals surface area contributed by atoms with Crippen LogP contribution >= 0.6 is 11.3 Å². The highest BCUT2D eigenvalue weighted by Gasteiger charge is 2.26. The fraction of sp³-hybridized carbons (Fsp3) is 0.217. The molecular formula is C23H22N6OS. The van der Waals surface area contributed by atoms with Crippen molar-refractivity contribution in [3.05, 3.63) is 59.6 Å². The molecule has 8 heteroatoms. The molecule has 3 heterocycles. The van der Waals surface area contributed by atoms with Gasteiger partial charge in [0.25, 0.3) is 0 Å². The van der Waals surface area contributed by atoms with Gasteiger partial charge >= 0.3 is 0 Å². The number of carbonyl (C=O) groups is 1. The van der Waals surface area contributed by atoms with Crippen molar-refractivity contribution in [2.24, 2.45) is 0 Å². The van der Waals surface area contributed by atoms with Crippen LogP contribution in [0.2, 0.25) is 0 Å². The minimum Gasteiger partial charge on any atom is -0.325 e. The molecule has 7 nitrogen and oxygen atoms in total. The van der Waals surface area contributed by atoms with Crippen molar-refractivity contribution in [2.45, 2.75) is 32.1 Å². The Morgan fingerprint density at radius 1 is 1.16 bits per heavy atom. The molecule has 1 fully saturated rings. The third kappa shape index (κ3) is 4.49. The van der Waals surface area contributed by atoms with Gasteiger partial charge in [-0.15, -0.1) is 11.3 Å². The second-order valence-electron chi connectivity index (χ2n) is 7.54. The van der Waals surface area contributed by atoms with E-state index in [9.17, 15) is 4.79 Å². The van der Waals surface area contributed by atoms with E-state index in [-0.39, 0.29) is 5.91 Å². The Morgan fingerprint density at radius 2 is 2.00 bits per heavy atom. The van der Waals surface area contributed by atoms with Crippen LogP contribution in [0.25, 0.3) is 22.0 Å². The number of amides is 1. The molecule has 0 aliphatic heterocycles. The molecule has 5 rings (SSSR count). The van der Waals surface area contributed by atoms with E-state index in [4.69, 9.17) is 9.97 Å². The smallest absolute Gasteiger partial charge is 0.224 e. The molecule has 3 N–H and O–H groups in total. The fourth-order valence-electron chi connectivity index (χ4n) is 3.27. The zero-order chi connectivity index (χ0) is 21.2. The van der Waals surface area contributed by atoms with Crippen LogP contribution in [-0.4, -0.2) is 26.1 Å². The molecular weight excluding hydrogens is 408 g/mol. The number of hydrogen-bond acceptors (Lipinski definition) is 6. The van der Waals surface area contributed by atoms with Gasteiger partial charge in [-0.05, 0) is 18.9 Å². The highest BCUT2D eigenvalue weighted by molar-refractivity contribution is 7.14. The Balaban J connectivity index is 1.49. The molecule has 0 bridgehead atoms. The lowest BCUT2D eigenvalue weighted by atomic mass is 10.1. The first kappa shape index (κ1) is 19.4. The first-order valence-corrected chi connectivity index (χ1v) is 11.2. The van der Waals surface area contributed by atoms with Crippen molar-refractivity contribution in [1.82, 2.24) is 20.2 Å². The van der Waals surface area contributed by atoms with Crippen molar-refractivity contribution in [3.8, 4) is 22.0 Å². The molecule has 31 heavy (non-hydrogen) atoms. The van der Waals surface area contributed by atoms with Gasteiger partial charge in [-0.1, -0.05) is 37.3 Å². The molecule has 1 aromatic carbocycles. The summed E-state index contributed by atoms with van der Waals surface area (Å²) in [5, 5.41) is 15.6. The number of aromatic amines is 1. The molecule has 3 aromatic heterocycles. The highest BCUT2D eigenvalue weighted by Crippen LogP contribution is 2.39. The zero-order valence-corrected chi connectivity index (χ0v) is 17.9. The van der Waals surface area contributed by atoms with E-state index in [0.29, 0.717) is 24.0 Å². The minimum atomic E-state index is -0.0172. The number of thiophene rings is 1. The van der Waals surface area contributed by atoms with Crippen LogP contribution in [0.5, 0.6) is 0 Å². The van der Waals surface area contributed by atoms with Crippen molar-refractivity contribution >= 4 is 34.6 Å². The second kappa shape index (κ2) is 8.31. The molecule has 1 aliphatic carbocycles. The third-order valence-electron chi connectivity index (χ3n) is 5.08. The van der Waals surface area contributed by atoms with Gasteiger partial charge in [0.15, 0.2) is 5.82 Å². The van der Waals surface area contributed by atoms with Crippen LogP contribution in [0.15, 0.2) is 53.9 Å². The van der Waals surface area contributed by atoms with Crippen LogP contribution in [0, 0.1) is 0 Å². The summed E-state index contributed by atoms with van der Waals surface area (Å²) in [5.41, 5.74) is 3.68. The van der Waals surface area contributed by atoms with Gasteiger partial charge in [0.05, 0.1) is 22.0 Å². The van der Waals surface area contributed by atoms with E-state index in [2.05, 4.69) is 20.8 Å². The van der Waals surface area contributed by atoms with Gasteiger partial charge in [0, 0.05) is 35.4 Å². The van der Waals surface area contributed by atoms with E-state index in [1.807, 2.05) is 60.8 Å². The summed E-state index contributed by atoms with van der Waals surface area (Å²) in [5.74, 6) is 2.66. The average molecular weight is 431 g/mol. The minimum absolute atomic E-state index is 0.0172. The van der Waals surface area contributed by atoms with Crippen molar-refractivity contribution in [2.75, 3.05) is 10.6 Å². The summed E-state index contributed by atoms with van der Waals surface area (Å²) in [6.45, 7) is 1.83. The summed E-state index contributed by atoms with van der Waals surface area (Å²) in [6, 6.07) is 15.9. The topological polar surface area (TPSA) is 95.6 Å². The summed E-state index contributed by atoms with van der Waals surface area (Å²) >= 11 is 1.50. The Kier molecular flexibility index (Phi) is 5.21. The van der Waals surface area contributed by atoms with Crippen LogP contribution in [0.3, 0.4) is 0 Å². The van der Waals surface area contributed by atoms with Gasteiger partial charge in [-0.25, -0.2) is 9.97 Å². The standard InChI is InChI=1S/C23H22N6OS/c1-2-22(30)24-16-10-19(31-13-16)23-25-17(14-6-4-3-5-7-14)11-20(27-23)26-21-12-18(28-29-21)15-8-9-15/h3-7,10-13,15H,2,8-9H2,1H3,(H,24,30)(H2,25,26,27,28,29). The number of nitrogens with zero attached hydrogens (tertiary/aromatic N) is 3. The first-order valence-electron chi connectivity index (χ1n) is 10.3. The lowest BCUT2D eigenvalue weighted by Crippen LogP contribution is -2.08. The molecule has 156 valence electrons. The Morgan fingerprint density at radius 3 is 2.77 bits per heavy atom. The fourth-order valence-corrected chi connectivity index (χ4v) is 4.05. The largest absolute Gasteiger partial charge is 0.325 e. The van der Waals surface area contributed by atoms with Crippen molar-refractivity contribution in [3.63, 3.8) is 0 Å². The number of carbonyl (C=O) groups excluding carboxylic acids is 1. The molecule has 0 radical (unpaired) electrons. The van der Waals surface area contributed by atoms with E-state index < -0.39 is 0 Å². The van der Waals surface area contributed by atoms with E-state index in [1.165, 1.54) is 24.2 Å². The van der Waals surface area contributed by atoms with Crippen LogP contribution in [0.1, 0.15) is 37.8 Å². The van der Waals surface area contributed by atoms with Gasteiger partial charge < -0.3 is 10.6 Å². The van der Waals surface area contributed by atoms with Gasteiger partial charge in [-0.3, -0.25) is 9.89 Å². The van der Waals surface area contributed by atoms with E-state index in [1.54, 1.807) is 0 Å².